The van der Waals surface area contributed by atoms with Gasteiger partial charge in [-0.25, -0.2) is 0 Å². The number of hydrogen-bond acceptors (Lipinski definition) is 1. The molecule has 0 fully saturated rings. The van der Waals surface area contributed by atoms with Crippen molar-refractivity contribution in [1.29, 1.82) is 0 Å². The van der Waals surface area contributed by atoms with E-state index in [9.17, 15) is 0 Å². The topological polar surface area (TPSA) is 12.0 Å². The molecule has 0 amide bonds. The molecule has 2 rings (SSSR count). The average molecular weight is 318 g/mol. The fourth-order valence-corrected chi connectivity index (χ4v) is 5.09. The molecule has 0 saturated heterocycles. The second-order valence-corrected chi connectivity index (χ2v) is 8.32. The summed E-state index contributed by atoms with van der Waals surface area (Å²) < 4.78 is 6.92. The van der Waals surface area contributed by atoms with Crippen molar-refractivity contribution in [2.45, 2.75) is 20.3 Å². The Labute approximate surface area is 128 Å². The van der Waals surface area contributed by atoms with Gasteiger partial charge in [0.2, 0.25) is 0 Å². The van der Waals surface area contributed by atoms with Crippen molar-refractivity contribution in [2.75, 3.05) is 3.80 Å². The predicted molar refractivity (Wildman–Crippen MR) is 68.3 cm³/mol. The third kappa shape index (κ3) is 4.74. The monoisotopic (exact) mass is 317 g/mol. The van der Waals surface area contributed by atoms with E-state index in [1.54, 1.807) is 7.69 Å². The van der Waals surface area contributed by atoms with Crippen LogP contribution in [0.5, 0.6) is 0 Å². The fourth-order valence-electron chi connectivity index (χ4n) is 1.82. The van der Waals surface area contributed by atoms with E-state index in [0.29, 0.717) is 0 Å². The van der Waals surface area contributed by atoms with Gasteiger partial charge < -0.3 is 24.8 Å². The molecule has 0 spiro atoms. The first kappa shape index (κ1) is 17.7. The van der Waals surface area contributed by atoms with Gasteiger partial charge in [-0.15, -0.1) is 0 Å². The van der Waals surface area contributed by atoms with Gasteiger partial charge in [0.15, 0.2) is 0 Å². The van der Waals surface area contributed by atoms with Gasteiger partial charge in [-0.2, -0.15) is 0 Å². The summed E-state index contributed by atoms with van der Waals surface area (Å²) in [5, 5.41) is 0. The molecule has 0 bridgehead atoms. The molecule has 1 aromatic carbocycles. The number of hydrogen-bond donors (Lipinski definition) is 1. The molecule has 0 radical (unpaired) electrons. The van der Waals surface area contributed by atoms with E-state index in [1.165, 1.54) is 5.69 Å². The number of rotatable bonds is 3. The fraction of sp³-hybridized carbons (Fsp3) is 0.214. The van der Waals surface area contributed by atoms with E-state index in [1.807, 2.05) is 0 Å². The summed E-state index contributed by atoms with van der Waals surface area (Å²) in [5.41, 5.74) is 1.26. The van der Waals surface area contributed by atoms with Gasteiger partial charge in [-0.1, -0.05) is 0 Å². The summed E-state index contributed by atoms with van der Waals surface area (Å²) in [7, 11) is 0. The van der Waals surface area contributed by atoms with Crippen molar-refractivity contribution >= 4 is 9.50 Å². The first-order valence-corrected chi connectivity index (χ1v) is 7.97. The van der Waals surface area contributed by atoms with Crippen LogP contribution >= 0.6 is 0 Å². The van der Waals surface area contributed by atoms with Gasteiger partial charge in [0.05, 0.1) is 0 Å². The van der Waals surface area contributed by atoms with Crippen LogP contribution in [-0.2, 0) is 17.7 Å². The minimum absolute atomic E-state index is 0. The molecule has 1 aliphatic rings. The quantitative estimate of drug-likeness (QED) is 0.618. The third-order valence-corrected chi connectivity index (χ3v) is 6.62. The van der Waals surface area contributed by atoms with Gasteiger partial charge in [0.1, 0.15) is 0 Å². The molecule has 1 aromatic rings. The van der Waals surface area contributed by atoms with Crippen LogP contribution in [0.2, 0.25) is 0 Å². The summed E-state index contributed by atoms with van der Waals surface area (Å²) in [5.74, 6) is 0. The molecule has 1 aliphatic carbocycles. The van der Waals surface area contributed by atoms with Crippen LogP contribution in [0.1, 0.15) is 20.3 Å². The summed E-state index contributed by atoms with van der Waals surface area (Å²) >= 11 is -1.42. The number of allylic oxidation sites excluding steroid dienone is 4. The molecule has 1 nitrogen and oxygen atoms in total. The zero-order chi connectivity index (χ0) is 11.4. The van der Waals surface area contributed by atoms with Crippen LogP contribution in [0.3, 0.4) is 0 Å². The Balaban J connectivity index is 0.00000144. The number of anilines is 1. The summed E-state index contributed by atoms with van der Waals surface area (Å²) in [6.07, 6.45) is 7.86. The number of halogens is 2. The maximum atomic E-state index is 3.74. The van der Waals surface area contributed by atoms with Crippen molar-refractivity contribution < 1.29 is 42.5 Å². The van der Waals surface area contributed by atoms with Gasteiger partial charge in [-0.05, 0) is 0 Å². The van der Waals surface area contributed by atoms with Crippen LogP contribution in [0.15, 0.2) is 52.4 Å². The molecule has 18 heavy (non-hydrogen) atoms. The van der Waals surface area contributed by atoms with Crippen LogP contribution < -0.4 is 28.6 Å². The van der Waals surface area contributed by atoms with Crippen LogP contribution in [-0.4, -0.2) is 3.81 Å². The molecule has 0 aliphatic heterocycles. The Morgan fingerprint density at radius 1 is 1.11 bits per heavy atom. The SMILES string of the molecule is C[C](C)=[Ti+2]([NH]c1ccccc1)[C]1=CC=CC1.[Cl-].[Cl-]. The van der Waals surface area contributed by atoms with Crippen molar-refractivity contribution in [2.24, 2.45) is 0 Å². The zero-order valence-corrected chi connectivity index (χ0v) is 13.7. The minimum atomic E-state index is -1.42. The molecule has 0 heterocycles. The summed E-state index contributed by atoms with van der Waals surface area (Å²) in [6.45, 7) is 4.51. The Bertz CT molecular complexity index is 460. The molecule has 0 atom stereocenters. The van der Waals surface area contributed by atoms with E-state index >= 15 is 0 Å². The van der Waals surface area contributed by atoms with Crippen LogP contribution in [0.4, 0.5) is 5.69 Å². The molecule has 1 N–H and O–H groups in total. The zero-order valence-electron chi connectivity index (χ0n) is 10.6. The molecule has 4 heteroatoms. The molecular weight excluding hydrogens is 301 g/mol. The minimum Gasteiger partial charge on any atom is -1.00 e. The van der Waals surface area contributed by atoms with E-state index in [2.05, 4.69) is 66.2 Å². The molecule has 96 valence electrons. The number of benzene rings is 1. The summed E-state index contributed by atoms with van der Waals surface area (Å²) in [4.78, 5) is 0. The summed E-state index contributed by atoms with van der Waals surface area (Å²) in [6, 6.07) is 10.5. The van der Waals surface area contributed by atoms with Gasteiger partial charge in [0, 0.05) is 0 Å². The maximum absolute atomic E-state index is 3.74. The van der Waals surface area contributed by atoms with Gasteiger partial charge >= 0.3 is 104 Å². The Kier molecular flexibility index (Phi) is 8.55. The smallest absolute Gasteiger partial charge is 1.00 e. The largest absolute Gasteiger partial charge is 1.00 e. The first-order chi connectivity index (χ1) is 7.77. The third-order valence-electron chi connectivity index (χ3n) is 2.64. The number of para-hydroxylation sites is 1. The second-order valence-electron chi connectivity index (χ2n) is 4.19. The van der Waals surface area contributed by atoms with Crippen LogP contribution in [0, 0.1) is 0 Å². The normalized spacial score (nSPS) is 11.5. The van der Waals surface area contributed by atoms with E-state index < -0.39 is 17.7 Å². The van der Waals surface area contributed by atoms with Gasteiger partial charge in [0.25, 0.3) is 0 Å². The first-order valence-electron chi connectivity index (χ1n) is 5.63. The van der Waals surface area contributed by atoms with E-state index in [0.717, 1.165) is 6.42 Å². The van der Waals surface area contributed by atoms with Crippen molar-refractivity contribution in [3.8, 4) is 0 Å². The molecule has 0 aromatic heterocycles. The Hall–Kier alpha value is -0.336. The average Bonchev–Trinajstić information content (AvgIpc) is 2.80. The number of nitrogens with one attached hydrogen (secondary N) is 1. The maximum Gasteiger partial charge on any atom is -1.00 e. The second kappa shape index (κ2) is 8.71. The van der Waals surface area contributed by atoms with E-state index in [-0.39, 0.29) is 24.8 Å². The molecule has 0 saturated carbocycles. The van der Waals surface area contributed by atoms with Crippen molar-refractivity contribution in [3.63, 3.8) is 0 Å². The molecule has 0 unspecified atom stereocenters. The molecular formula is C14H17Cl2NTi. The Morgan fingerprint density at radius 3 is 2.28 bits per heavy atom. The predicted octanol–water partition coefficient (Wildman–Crippen LogP) is -2.30. The van der Waals surface area contributed by atoms with E-state index in [4.69, 9.17) is 0 Å². The van der Waals surface area contributed by atoms with Crippen molar-refractivity contribution in [3.05, 3.63) is 52.4 Å². The van der Waals surface area contributed by atoms with Gasteiger partial charge in [-0.3, -0.25) is 0 Å². The van der Waals surface area contributed by atoms with Crippen molar-refractivity contribution in [1.82, 2.24) is 0 Å². The van der Waals surface area contributed by atoms with Crippen LogP contribution in [0.25, 0.3) is 0 Å². The standard InChI is InChI=1S/C6H6N.C5H5.C3H6.2ClH.Ti/c7-6-4-2-1-3-5-6;1-2-4-5-3-1;1-3-2;;;/h1-5,7H;1-3H,4H2;1-2H3;2*1H;/q-1;;;;;+3/p-2. The Morgan fingerprint density at radius 2 is 1.78 bits per heavy atom.